The molecule has 1 fully saturated rings. The largest absolute Gasteiger partial charge is 0.378 e. The van der Waals surface area contributed by atoms with E-state index >= 15 is 0 Å². The Bertz CT molecular complexity index is 567. The summed E-state index contributed by atoms with van der Waals surface area (Å²) in [6.45, 7) is 1.99. The van der Waals surface area contributed by atoms with Crippen molar-refractivity contribution in [1.82, 2.24) is 20.7 Å². The number of hydrogen-bond donors (Lipinski definition) is 2. The fraction of sp³-hybridized carbons (Fsp3) is 0.286. The molecule has 0 spiro atoms. The maximum absolute atomic E-state index is 11.8. The first-order chi connectivity index (χ1) is 10.7. The van der Waals surface area contributed by atoms with Crippen molar-refractivity contribution in [3.8, 4) is 0 Å². The maximum Gasteiger partial charge on any atom is 0.288 e. The Morgan fingerprint density at radius 1 is 1.14 bits per heavy atom. The Morgan fingerprint density at radius 2 is 1.91 bits per heavy atom. The zero-order valence-corrected chi connectivity index (χ0v) is 11.8. The van der Waals surface area contributed by atoms with Crippen LogP contribution in [0.1, 0.15) is 10.5 Å². The number of nitrogens with one attached hydrogen (secondary N) is 2. The maximum atomic E-state index is 11.8. The summed E-state index contributed by atoms with van der Waals surface area (Å²) in [5.41, 5.74) is 4.56. The van der Waals surface area contributed by atoms with Crippen molar-refractivity contribution in [1.29, 1.82) is 0 Å². The highest BCUT2D eigenvalue weighted by atomic mass is 16.5. The average Bonchev–Trinajstić information content (AvgIpc) is 2.59. The van der Waals surface area contributed by atoms with Crippen molar-refractivity contribution in [3.63, 3.8) is 0 Å². The van der Waals surface area contributed by atoms with Gasteiger partial charge >= 0.3 is 0 Å². The van der Waals surface area contributed by atoms with Gasteiger partial charge in [-0.1, -0.05) is 6.07 Å². The number of hydrogen-bond acceptors (Lipinski definition) is 5. The molecular weight excluding hydrogens is 288 g/mol. The third-order valence-corrected chi connectivity index (χ3v) is 2.90. The molecule has 0 bridgehead atoms. The van der Waals surface area contributed by atoms with E-state index in [-0.39, 0.29) is 11.6 Å². The highest BCUT2D eigenvalue weighted by molar-refractivity contribution is 5.98. The lowest BCUT2D eigenvalue weighted by Crippen LogP contribution is -2.42. The average molecular weight is 304 g/mol. The van der Waals surface area contributed by atoms with Crippen LogP contribution >= 0.6 is 0 Å². The monoisotopic (exact) mass is 304 g/mol. The number of ether oxygens (including phenoxy) is 1. The van der Waals surface area contributed by atoms with Gasteiger partial charge in [0.2, 0.25) is 5.91 Å². The van der Waals surface area contributed by atoms with Crippen LogP contribution in [-0.4, -0.2) is 53.9 Å². The van der Waals surface area contributed by atoms with Gasteiger partial charge in [-0.15, -0.1) is 0 Å². The quantitative estimate of drug-likeness (QED) is 0.566. The molecule has 0 aliphatic carbocycles. The summed E-state index contributed by atoms with van der Waals surface area (Å²) in [4.78, 5) is 40.4. The van der Waals surface area contributed by atoms with Crippen LogP contribution < -0.4 is 10.9 Å². The van der Waals surface area contributed by atoms with Crippen molar-refractivity contribution >= 4 is 17.7 Å². The zero-order valence-electron chi connectivity index (χ0n) is 11.8. The molecule has 3 amide bonds. The van der Waals surface area contributed by atoms with E-state index in [0.29, 0.717) is 26.3 Å². The van der Waals surface area contributed by atoms with E-state index in [4.69, 9.17) is 4.74 Å². The first-order valence-corrected chi connectivity index (χ1v) is 6.73. The van der Waals surface area contributed by atoms with Gasteiger partial charge < -0.3 is 9.64 Å². The fourth-order valence-electron chi connectivity index (χ4n) is 1.76. The minimum Gasteiger partial charge on any atom is -0.378 e. The van der Waals surface area contributed by atoms with Crippen molar-refractivity contribution < 1.29 is 19.1 Å². The SMILES string of the molecule is O=C(/C=C/C(=O)N1CCOCC1)NNC(=O)c1ccccn1. The van der Waals surface area contributed by atoms with E-state index < -0.39 is 11.8 Å². The van der Waals surface area contributed by atoms with Gasteiger partial charge in [0, 0.05) is 31.4 Å². The summed E-state index contributed by atoms with van der Waals surface area (Å²) in [6, 6.07) is 4.85. The van der Waals surface area contributed by atoms with Gasteiger partial charge in [0.25, 0.3) is 11.8 Å². The molecule has 1 aliphatic heterocycles. The molecule has 22 heavy (non-hydrogen) atoms. The Labute approximate surface area is 127 Å². The molecule has 8 nitrogen and oxygen atoms in total. The number of aromatic nitrogens is 1. The number of morpholine rings is 1. The second kappa shape index (κ2) is 7.89. The number of pyridine rings is 1. The van der Waals surface area contributed by atoms with Crippen LogP contribution in [0.15, 0.2) is 36.5 Å². The second-order valence-corrected chi connectivity index (χ2v) is 4.43. The van der Waals surface area contributed by atoms with Crippen LogP contribution in [0.4, 0.5) is 0 Å². The number of carbonyl (C=O) groups is 3. The van der Waals surface area contributed by atoms with Crippen molar-refractivity contribution in [2.24, 2.45) is 0 Å². The summed E-state index contributed by atoms with van der Waals surface area (Å²) in [5.74, 6) is -1.41. The standard InChI is InChI=1S/C14H16N4O4/c19-12(4-5-13(20)18-7-9-22-10-8-18)16-17-14(21)11-3-1-2-6-15-11/h1-6H,7-10H2,(H,16,19)(H,17,21)/b5-4+. The Hall–Kier alpha value is -2.74. The van der Waals surface area contributed by atoms with Gasteiger partial charge in [-0.05, 0) is 12.1 Å². The molecule has 2 rings (SSSR count). The van der Waals surface area contributed by atoms with Crippen LogP contribution in [0.25, 0.3) is 0 Å². The number of hydrazine groups is 1. The van der Waals surface area contributed by atoms with Crippen LogP contribution in [0.3, 0.4) is 0 Å². The number of amides is 3. The predicted octanol–water partition coefficient (Wildman–Crippen LogP) is -0.742. The Balaban J connectivity index is 1.76. The van der Waals surface area contributed by atoms with Crippen molar-refractivity contribution in [2.75, 3.05) is 26.3 Å². The Kier molecular flexibility index (Phi) is 5.61. The lowest BCUT2D eigenvalue weighted by molar-refractivity contribution is -0.130. The summed E-state index contributed by atoms with van der Waals surface area (Å²) in [7, 11) is 0. The number of rotatable bonds is 3. The van der Waals surface area contributed by atoms with E-state index in [1.54, 1.807) is 17.0 Å². The van der Waals surface area contributed by atoms with Crippen LogP contribution in [0, 0.1) is 0 Å². The van der Waals surface area contributed by atoms with Gasteiger partial charge in [0.05, 0.1) is 13.2 Å². The first-order valence-electron chi connectivity index (χ1n) is 6.73. The van der Waals surface area contributed by atoms with Gasteiger partial charge in [-0.2, -0.15) is 0 Å². The highest BCUT2D eigenvalue weighted by Gasteiger charge is 2.14. The third kappa shape index (κ3) is 4.67. The van der Waals surface area contributed by atoms with Crippen molar-refractivity contribution in [2.45, 2.75) is 0 Å². The molecule has 1 aliphatic rings. The molecule has 0 saturated carbocycles. The van der Waals surface area contributed by atoms with Gasteiger partial charge in [0.15, 0.2) is 0 Å². The lowest BCUT2D eigenvalue weighted by Gasteiger charge is -2.25. The molecule has 116 valence electrons. The van der Waals surface area contributed by atoms with E-state index in [9.17, 15) is 14.4 Å². The zero-order chi connectivity index (χ0) is 15.8. The molecule has 1 aromatic rings. The number of nitrogens with zero attached hydrogens (tertiary/aromatic N) is 2. The van der Waals surface area contributed by atoms with Crippen molar-refractivity contribution in [3.05, 3.63) is 42.2 Å². The van der Waals surface area contributed by atoms with Gasteiger partial charge in [-0.25, -0.2) is 0 Å². The number of carbonyl (C=O) groups excluding carboxylic acids is 3. The van der Waals surface area contributed by atoms with E-state index in [0.717, 1.165) is 12.2 Å². The summed E-state index contributed by atoms with van der Waals surface area (Å²) < 4.78 is 5.13. The normalized spacial score (nSPS) is 14.6. The molecule has 0 radical (unpaired) electrons. The highest BCUT2D eigenvalue weighted by Crippen LogP contribution is 1.98. The van der Waals surface area contributed by atoms with E-state index in [2.05, 4.69) is 15.8 Å². The first kappa shape index (κ1) is 15.6. The van der Waals surface area contributed by atoms with Gasteiger partial charge in [-0.3, -0.25) is 30.2 Å². The summed E-state index contributed by atoms with van der Waals surface area (Å²) in [5, 5.41) is 0. The summed E-state index contributed by atoms with van der Waals surface area (Å²) in [6.07, 6.45) is 3.70. The van der Waals surface area contributed by atoms with Crippen LogP contribution in [-0.2, 0) is 14.3 Å². The molecule has 1 saturated heterocycles. The smallest absolute Gasteiger partial charge is 0.288 e. The topological polar surface area (TPSA) is 101 Å². The minimum absolute atomic E-state index is 0.177. The van der Waals surface area contributed by atoms with Crippen LogP contribution in [0.2, 0.25) is 0 Å². The minimum atomic E-state index is -0.606. The lowest BCUT2D eigenvalue weighted by atomic mass is 10.3. The summed E-state index contributed by atoms with van der Waals surface area (Å²) >= 11 is 0. The fourth-order valence-corrected chi connectivity index (χ4v) is 1.76. The van der Waals surface area contributed by atoms with Gasteiger partial charge in [0.1, 0.15) is 5.69 Å². The molecule has 0 unspecified atom stereocenters. The predicted molar refractivity (Wildman–Crippen MR) is 76.4 cm³/mol. The molecule has 1 aromatic heterocycles. The van der Waals surface area contributed by atoms with Crippen LogP contribution in [0.5, 0.6) is 0 Å². The van der Waals surface area contributed by atoms with E-state index in [1.165, 1.54) is 12.3 Å². The van der Waals surface area contributed by atoms with E-state index in [1.807, 2.05) is 0 Å². The molecule has 2 heterocycles. The molecule has 2 N–H and O–H groups in total. The molecule has 8 heteroatoms. The third-order valence-electron chi connectivity index (χ3n) is 2.90. The Morgan fingerprint density at radius 3 is 2.59 bits per heavy atom. The molecule has 0 atom stereocenters. The molecule has 0 aromatic carbocycles. The second-order valence-electron chi connectivity index (χ2n) is 4.43. The molecular formula is C14H16N4O4.